The van der Waals surface area contributed by atoms with Gasteiger partial charge >= 0.3 is 7.12 Å². The van der Waals surface area contributed by atoms with E-state index in [1.54, 1.807) is 7.11 Å². The summed E-state index contributed by atoms with van der Waals surface area (Å²) in [7, 11) is 1.31. The fraction of sp³-hybridized carbons (Fsp3) is 0.571. The first kappa shape index (κ1) is 14.9. The summed E-state index contributed by atoms with van der Waals surface area (Å²) in [5, 5.41) is 0. The Morgan fingerprint density at radius 2 is 1.63 bits per heavy atom. The van der Waals surface area contributed by atoms with E-state index in [1.165, 1.54) is 0 Å². The summed E-state index contributed by atoms with van der Waals surface area (Å²) in [5.74, 6) is 0.826. The van der Waals surface area contributed by atoms with Crippen molar-refractivity contribution in [2.75, 3.05) is 7.11 Å². The average Bonchev–Trinajstić information content (AvgIpc) is 2.48. The molecule has 0 bridgehead atoms. The van der Waals surface area contributed by atoms with Gasteiger partial charge in [-0.05, 0) is 67.6 Å². The van der Waals surface area contributed by atoms with Crippen molar-refractivity contribution >= 4 is 28.5 Å². The Hall–Kier alpha value is -0.515. The zero-order chi connectivity index (χ0) is 14.4. The summed E-state index contributed by atoms with van der Waals surface area (Å²) < 4.78 is 18.5. The lowest BCUT2D eigenvalue weighted by atomic mass is 9.76. The van der Waals surface area contributed by atoms with Crippen LogP contribution in [0.3, 0.4) is 0 Å². The minimum Gasteiger partial charge on any atom is -0.495 e. The van der Waals surface area contributed by atoms with Crippen molar-refractivity contribution in [3.63, 3.8) is 0 Å². The van der Waals surface area contributed by atoms with E-state index in [2.05, 4.69) is 43.6 Å². The van der Waals surface area contributed by atoms with Crippen LogP contribution in [0.5, 0.6) is 5.75 Å². The van der Waals surface area contributed by atoms with Crippen molar-refractivity contribution in [1.82, 2.24) is 0 Å². The molecule has 1 saturated heterocycles. The highest BCUT2D eigenvalue weighted by atomic mass is 79.9. The molecule has 0 amide bonds. The molecule has 1 heterocycles. The molecule has 0 atom stereocenters. The van der Waals surface area contributed by atoms with Gasteiger partial charge in [0.05, 0.1) is 22.8 Å². The van der Waals surface area contributed by atoms with E-state index in [0.29, 0.717) is 0 Å². The maximum Gasteiger partial charge on any atom is 0.495 e. The monoisotopic (exact) mass is 326 g/mol. The number of hydrogen-bond acceptors (Lipinski definition) is 3. The van der Waals surface area contributed by atoms with Crippen LogP contribution in [0.4, 0.5) is 0 Å². The molecule has 0 spiro atoms. The molecule has 19 heavy (non-hydrogen) atoms. The second kappa shape index (κ2) is 4.79. The third kappa shape index (κ3) is 2.44. The smallest absolute Gasteiger partial charge is 0.495 e. The standard InChI is InChI=1S/C14H20BBrO3/c1-9-10(7-8-11(16)12(9)17-6)15-18-13(2,3)14(4,5)19-15/h7-8H,1-6H3. The van der Waals surface area contributed by atoms with Gasteiger partial charge in [0.1, 0.15) is 5.75 Å². The predicted octanol–water partition coefficient (Wildman–Crippen LogP) is 3.07. The molecule has 1 aromatic carbocycles. The molecular formula is C14H20BBrO3. The largest absolute Gasteiger partial charge is 0.495 e. The zero-order valence-electron chi connectivity index (χ0n) is 12.3. The lowest BCUT2D eigenvalue weighted by molar-refractivity contribution is 0.00578. The molecule has 0 aromatic heterocycles. The van der Waals surface area contributed by atoms with E-state index >= 15 is 0 Å². The number of rotatable bonds is 2. The second-order valence-corrected chi connectivity index (χ2v) is 6.74. The fourth-order valence-corrected chi connectivity index (χ4v) is 2.74. The van der Waals surface area contributed by atoms with Crippen LogP contribution < -0.4 is 10.2 Å². The highest BCUT2D eigenvalue weighted by Crippen LogP contribution is 2.37. The van der Waals surface area contributed by atoms with E-state index in [4.69, 9.17) is 14.0 Å². The van der Waals surface area contributed by atoms with E-state index < -0.39 is 0 Å². The number of methoxy groups -OCH3 is 1. The zero-order valence-corrected chi connectivity index (χ0v) is 13.9. The average molecular weight is 327 g/mol. The molecule has 0 unspecified atom stereocenters. The van der Waals surface area contributed by atoms with Crippen LogP contribution in [0.15, 0.2) is 16.6 Å². The first-order valence-electron chi connectivity index (χ1n) is 6.38. The van der Waals surface area contributed by atoms with Crippen molar-refractivity contribution in [2.45, 2.75) is 45.8 Å². The second-order valence-electron chi connectivity index (χ2n) is 5.88. The summed E-state index contributed by atoms with van der Waals surface area (Å²) in [6, 6.07) is 3.98. The van der Waals surface area contributed by atoms with Gasteiger partial charge in [0.15, 0.2) is 0 Å². The normalized spacial score (nSPS) is 20.7. The number of ether oxygens (including phenoxy) is 1. The molecule has 1 fully saturated rings. The molecule has 0 aliphatic carbocycles. The third-order valence-corrected chi connectivity index (χ3v) is 4.74. The number of benzene rings is 1. The number of halogens is 1. The maximum atomic E-state index is 6.08. The Kier molecular flexibility index (Phi) is 3.76. The van der Waals surface area contributed by atoms with Crippen LogP contribution in [-0.4, -0.2) is 25.4 Å². The molecule has 1 aliphatic heterocycles. The van der Waals surface area contributed by atoms with Gasteiger partial charge in [-0.3, -0.25) is 0 Å². The maximum absolute atomic E-state index is 6.08. The van der Waals surface area contributed by atoms with Crippen LogP contribution in [-0.2, 0) is 9.31 Å². The Labute approximate surface area is 123 Å². The molecular weight excluding hydrogens is 307 g/mol. The Morgan fingerprint density at radius 1 is 1.11 bits per heavy atom. The lowest BCUT2D eigenvalue weighted by Crippen LogP contribution is -2.41. The molecule has 2 rings (SSSR count). The molecule has 3 nitrogen and oxygen atoms in total. The van der Waals surface area contributed by atoms with Gasteiger partial charge in [0.25, 0.3) is 0 Å². The topological polar surface area (TPSA) is 27.7 Å². The lowest BCUT2D eigenvalue weighted by Gasteiger charge is -2.32. The van der Waals surface area contributed by atoms with Crippen molar-refractivity contribution in [2.24, 2.45) is 0 Å². The van der Waals surface area contributed by atoms with Crippen LogP contribution in [0, 0.1) is 6.92 Å². The Morgan fingerprint density at radius 3 is 2.11 bits per heavy atom. The highest BCUT2D eigenvalue weighted by Gasteiger charge is 2.52. The first-order valence-corrected chi connectivity index (χ1v) is 7.17. The van der Waals surface area contributed by atoms with Gasteiger partial charge in [-0.2, -0.15) is 0 Å². The molecule has 104 valence electrons. The van der Waals surface area contributed by atoms with Gasteiger partial charge < -0.3 is 14.0 Å². The van der Waals surface area contributed by atoms with Gasteiger partial charge in [0.2, 0.25) is 0 Å². The predicted molar refractivity (Wildman–Crippen MR) is 81.1 cm³/mol. The third-order valence-electron chi connectivity index (χ3n) is 4.11. The molecule has 1 aliphatic rings. The van der Waals surface area contributed by atoms with Gasteiger partial charge in [-0.15, -0.1) is 0 Å². The Balaban J connectivity index is 2.40. The van der Waals surface area contributed by atoms with Gasteiger partial charge in [0, 0.05) is 0 Å². The van der Waals surface area contributed by atoms with E-state index in [-0.39, 0.29) is 18.3 Å². The van der Waals surface area contributed by atoms with Gasteiger partial charge in [-0.1, -0.05) is 6.07 Å². The van der Waals surface area contributed by atoms with Crippen LogP contribution >= 0.6 is 15.9 Å². The quantitative estimate of drug-likeness (QED) is 0.782. The van der Waals surface area contributed by atoms with Crippen molar-refractivity contribution in [1.29, 1.82) is 0 Å². The molecule has 1 aromatic rings. The molecule has 0 N–H and O–H groups in total. The fourth-order valence-electron chi connectivity index (χ4n) is 2.15. The molecule has 0 radical (unpaired) electrons. The summed E-state index contributed by atoms with van der Waals surface area (Å²) in [4.78, 5) is 0. The Bertz CT molecular complexity index is 484. The van der Waals surface area contributed by atoms with Crippen LogP contribution in [0.1, 0.15) is 33.3 Å². The summed E-state index contributed by atoms with van der Waals surface area (Å²) in [5.41, 5.74) is 1.39. The summed E-state index contributed by atoms with van der Waals surface area (Å²) >= 11 is 3.49. The van der Waals surface area contributed by atoms with E-state index in [1.807, 2.05) is 19.1 Å². The summed E-state index contributed by atoms with van der Waals surface area (Å²) in [6.45, 7) is 10.2. The SMILES string of the molecule is COc1c(Br)ccc(B2OC(C)(C)C(C)(C)O2)c1C. The number of hydrogen-bond donors (Lipinski definition) is 0. The van der Waals surface area contributed by atoms with Crippen molar-refractivity contribution < 1.29 is 14.0 Å². The summed E-state index contributed by atoms with van der Waals surface area (Å²) in [6.07, 6.45) is 0. The van der Waals surface area contributed by atoms with E-state index in [0.717, 1.165) is 21.2 Å². The minimum absolute atomic E-state index is 0.329. The molecule has 0 saturated carbocycles. The van der Waals surface area contributed by atoms with Crippen LogP contribution in [0.2, 0.25) is 0 Å². The van der Waals surface area contributed by atoms with Crippen molar-refractivity contribution in [3.05, 3.63) is 22.2 Å². The first-order chi connectivity index (χ1) is 8.69. The van der Waals surface area contributed by atoms with Crippen LogP contribution in [0.25, 0.3) is 0 Å². The molecule has 5 heteroatoms. The highest BCUT2D eigenvalue weighted by molar-refractivity contribution is 9.10. The van der Waals surface area contributed by atoms with E-state index in [9.17, 15) is 0 Å². The minimum atomic E-state index is -0.355. The van der Waals surface area contributed by atoms with Crippen molar-refractivity contribution in [3.8, 4) is 5.75 Å². The van der Waals surface area contributed by atoms with Gasteiger partial charge in [-0.25, -0.2) is 0 Å².